The van der Waals surface area contributed by atoms with Gasteiger partial charge >= 0.3 is 11.4 Å². The van der Waals surface area contributed by atoms with Gasteiger partial charge in [0.2, 0.25) is 40.1 Å². The van der Waals surface area contributed by atoms with E-state index < -0.39 is 0 Å². The first-order valence-corrected chi connectivity index (χ1v) is 11.4. The Labute approximate surface area is 247 Å². The largest absolute Gasteiger partial charge is 1.00 e. The highest BCUT2D eigenvalue weighted by atomic mass is 35.5. The van der Waals surface area contributed by atoms with Crippen LogP contribution in [0.25, 0.3) is 9.95 Å². The van der Waals surface area contributed by atoms with Crippen LogP contribution < -0.4 is 59.3 Å². The van der Waals surface area contributed by atoms with Gasteiger partial charge in [0, 0.05) is 25.2 Å². The minimum Gasteiger partial charge on any atom is -1.00 e. The number of anilines is 5. The third-order valence-electron chi connectivity index (χ3n) is 5.36. The van der Waals surface area contributed by atoms with Crippen LogP contribution in [0.15, 0.2) is 24.3 Å². The summed E-state index contributed by atoms with van der Waals surface area (Å²) in [5.74, 6) is 1.37. The van der Waals surface area contributed by atoms with Gasteiger partial charge in [0.15, 0.2) is 21.5 Å². The molecule has 3 aromatic rings. The number of ether oxygens (including phenoxy) is 4. The van der Waals surface area contributed by atoms with Crippen LogP contribution in [0.2, 0.25) is 0 Å². The third kappa shape index (κ3) is 8.19. The lowest BCUT2D eigenvalue weighted by atomic mass is 10.2. The average Bonchev–Trinajstić information content (AvgIpc) is 2.96. The maximum atomic E-state index is 9.54. The lowest BCUT2D eigenvalue weighted by Gasteiger charge is -2.22. The molecule has 0 unspecified atom stereocenters. The van der Waals surface area contributed by atoms with Crippen molar-refractivity contribution in [3.05, 3.63) is 34.2 Å². The van der Waals surface area contributed by atoms with E-state index in [0.717, 1.165) is 0 Å². The highest BCUT2D eigenvalue weighted by Gasteiger charge is 2.23. The van der Waals surface area contributed by atoms with Crippen molar-refractivity contribution in [1.29, 1.82) is 10.8 Å². The molecule has 0 radical (unpaired) electrons. The molecule has 0 saturated heterocycles. The molecule has 3 rings (SSSR count). The number of nitrogens with one attached hydrogen (secondary N) is 2. The van der Waals surface area contributed by atoms with Crippen LogP contribution in [0.4, 0.5) is 40.6 Å². The molecule has 0 saturated carbocycles. The van der Waals surface area contributed by atoms with E-state index in [2.05, 4.69) is 35.5 Å². The van der Waals surface area contributed by atoms with Crippen LogP contribution >= 0.6 is 0 Å². The van der Waals surface area contributed by atoms with Crippen LogP contribution in [0, 0.1) is 10.8 Å². The molecule has 4 N–H and O–H groups in total. The van der Waals surface area contributed by atoms with E-state index in [1.807, 2.05) is 0 Å². The second-order valence-corrected chi connectivity index (χ2v) is 7.62. The van der Waals surface area contributed by atoms with E-state index in [1.54, 1.807) is 4.90 Å². The summed E-state index contributed by atoms with van der Waals surface area (Å²) in [6.45, 7) is -0.161. The zero-order valence-electron chi connectivity index (χ0n) is 22.5. The molecule has 220 valence electrons. The molecule has 0 fully saturated rings. The van der Waals surface area contributed by atoms with Crippen molar-refractivity contribution in [2.45, 2.75) is 0 Å². The monoisotopic (exact) mass is 610 g/mol. The van der Waals surface area contributed by atoms with Crippen molar-refractivity contribution >= 4 is 40.6 Å². The van der Waals surface area contributed by atoms with Crippen LogP contribution in [-0.4, -0.2) is 79.9 Å². The van der Waals surface area contributed by atoms with Gasteiger partial charge in [-0.05, 0) is 0 Å². The fourth-order valence-electron chi connectivity index (χ4n) is 3.53. The number of aliphatic hydroxyl groups is 2. The van der Waals surface area contributed by atoms with Gasteiger partial charge in [-0.1, -0.05) is 0 Å². The Balaban J connectivity index is 0.00000420. The second kappa shape index (κ2) is 16.5. The Morgan fingerprint density at radius 3 is 1.39 bits per heavy atom. The molecule has 0 aliphatic heterocycles. The Morgan fingerprint density at radius 2 is 1.07 bits per heavy atom. The number of aromatic nitrogens is 3. The summed E-state index contributed by atoms with van der Waals surface area (Å²) in [5.41, 5.74) is 1.06. The maximum Gasteiger partial charge on any atom is 0.430 e. The van der Waals surface area contributed by atoms with E-state index in [0.29, 0.717) is 22.9 Å². The summed E-state index contributed by atoms with van der Waals surface area (Å²) in [4.78, 5) is 21.3. The molecule has 0 amide bonds. The topological polar surface area (TPSA) is 200 Å². The quantitative estimate of drug-likeness (QED) is 0.144. The van der Waals surface area contributed by atoms with Crippen molar-refractivity contribution in [2.24, 2.45) is 0 Å². The van der Waals surface area contributed by atoms with E-state index in [-0.39, 0.29) is 91.8 Å². The minimum absolute atomic E-state index is 0. The number of hydrogen-bond donors (Lipinski definition) is 4. The summed E-state index contributed by atoms with van der Waals surface area (Å²) in [5, 5.41) is 43.7. The SMILES string of the molecule is COc1cc(Nc2nc(Nc3cc(OC)c([N+]#N)cc3OC)nc(N(CCO)CCO)n2)c(OC)cc1[N+]#N.[Cl-].[Cl-]. The van der Waals surface area contributed by atoms with E-state index in [4.69, 9.17) is 18.9 Å². The summed E-state index contributed by atoms with van der Waals surface area (Å²) < 4.78 is 21.4. The molecule has 0 atom stereocenters. The fraction of sp³-hybridized carbons (Fsp3) is 0.348. The predicted octanol–water partition coefficient (Wildman–Crippen LogP) is -2.84. The van der Waals surface area contributed by atoms with Gasteiger partial charge in [-0.2, -0.15) is 15.0 Å². The molecule has 2 aromatic carbocycles. The Kier molecular flexibility index (Phi) is 13.8. The number of diazo groups is 2. The molecule has 18 heteroatoms. The molecule has 1 aromatic heterocycles. The summed E-state index contributed by atoms with van der Waals surface area (Å²) in [6.07, 6.45) is 0. The van der Waals surface area contributed by atoms with Crippen molar-refractivity contribution in [2.75, 3.05) is 70.3 Å². The molecule has 0 aliphatic rings. The van der Waals surface area contributed by atoms with Gasteiger partial charge < -0.3 is 69.5 Å². The van der Waals surface area contributed by atoms with Gasteiger partial charge in [0.1, 0.15) is 0 Å². The number of benzene rings is 2. The minimum atomic E-state index is -0.217. The van der Waals surface area contributed by atoms with Crippen molar-refractivity contribution in [3.8, 4) is 23.0 Å². The van der Waals surface area contributed by atoms with Gasteiger partial charge in [-0.25, -0.2) is 0 Å². The highest BCUT2D eigenvalue weighted by Crippen LogP contribution is 2.40. The zero-order chi connectivity index (χ0) is 28.4. The molecular formula is C23H28Cl2N10O6. The highest BCUT2D eigenvalue weighted by molar-refractivity contribution is 5.76. The second-order valence-electron chi connectivity index (χ2n) is 7.62. The molecule has 0 spiro atoms. The maximum absolute atomic E-state index is 9.54. The lowest BCUT2D eigenvalue weighted by molar-refractivity contribution is -0.001000. The molecule has 0 bridgehead atoms. The smallest absolute Gasteiger partial charge is 0.430 e. The summed E-state index contributed by atoms with van der Waals surface area (Å²) in [6, 6.07) is 5.98. The molecule has 0 aliphatic carbocycles. The Bertz CT molecular complexity index is 1300. The number of rotatable bonds is 13. The van der Waals surface area contributed by atoms with Gasteiger partial charge in [-0.3, -0.25) is 0 Å². The zero-order valence-corrected chi connectivity index (χ0v) is 24.0. The van der Waals surface area contributed by atoms with E-state index in [1.165, 1.54) is 52.7 Å². The molecule has 1 heterocycles. The predicted molar refractivity (Wildman–Crippen MR) is 141 cm³/mol. The van der Waals surface area contributed by atoms with Crippen LogP contribution in [0.1, 0.15) is 0 Å². The standard InChI is InChI=1S/C23H28N10O6.2ClH/c1-36-17-11-15(31-24)19(38-3)9-13(17)26-21-28-22(30-23(29-21)33(5-7-34)6-8-35)27-14-10-20(39-4)16(32-25)12-18(14)37-2;;/h9-12,34-35H,5-8H2,1-4H3,(H2,26,27,28,29,30);2*1H/q+2;;/p-2. The molecular weight excluding hydrogens is 583 g/mol. The Morgan fingerprint density at radius 1 is 0.683 bits per heavy atom. The van der Waals surface area contributed by atoms with Crippen LogP contribution in [0.3, 0.4) is 0 Å². The third-order valence-corrected chi connectivity index (χ3v) is 5.36. The fourth-order valence-corrected chi connectivity index (χ4v) is 3.53. The summed E-state index contributed by atoms with van der Waals surface area (Å²) >= 11 is 0. The molecule has 41 heavy (non-hydrogen) atoms. The van der Waals surface area contributed by atoms with Crippen molar-refractivity contribution in [3.63, 3.8) is 0 Å². The van der Waals surface area contributed by atoms with Gasteiger partial charge in [0.25, 0.3) is 0 Å². The number of methoxy groups -OCH3 is 4. The lowest BCUT2D eigenvalue weighted by Crippen LogP contribution is -3.00. The first-order chi connectivity index (χ1) is 18.9. The van der Waals surface area contributed by atoms with E-state index in [9.17, 15) is 21.0 Å². The first kappa shape index (κ1) is 34.4. The molecule has 16 nitrogen and oxygen atoms in total. The number of hydrogen-bond acceptors (Lipinski definition) is 14. The Hall–Kier alpha value is -4.61. The van der Waals surface area contributed by atoms with Crippen molar-refractivity contribution < 1.29 is 54.0 Å². The first-order valence-electron chi connectivity index (χ1n) is 11.4. The van der Waals surface area contributed by atoms with Crippen LogP contribution in [-0.2, 0) is 0 Å². The number of halogens is 2. The van der Waals surface area contributed by atoms with Gasteiger partial charge in [-0.15, -0.1) is 0 Å². The number of nitrogens with zero attached hydrogens (tertiary/aromatic N) is 8. The van der Waals surface area contributed by atoms with Crippen molar-refractivity contribution in [1.82, 2.24) is 15.0 Å². The van der Waals surface area contributed by atoms with Crippen LogP contribution in [0.5, 0.6) is 23.0 Å². The van der Waals surface area contributed by atoms with E-state index >= 15 is 0 Å². The summed E-state index contributed by atoms with van der Waals surface area (Å²) in [7, 11) is 5.71. The average molecular weight is 611 g/mol. The van der Waals surface area contributed by atoms with Gasteiger partial charge in [0.05, 0.1) is 65.2 Å². The number of aliphatic hydroxyl groups excluding tert-OH is 2. The normalized spacial score (nSPS) is 9.66.